The van der Waals surface area contributed by atoms with Crippen molar-refractivity contribution in [2.45, 2.75) is 13.8 Å². The molecule has 2 rings (SSSR count). The van der Waals surface area contributed by atoms with Crippen LogP contribution in [0.4, 0.5) is 0 Å². The molecule has 0 spiro atoms. The summed E-state index contributed by atoms with van der Waals surface area (Å²) in [5.41, 5.74) is 1.80. The summed E-state index contributed by atoms with van der Waals surface area (Å²) in [5, 5.41) is 8.91. The van der Waals surface area contributed by atoms with E-state index in [-0.39, 0.29) is 18.1 Å². The zero-order valence-electron chi connectivity index (χ0n) is 13.0. The fraction of sp³-hybridized carbons (Fsp3) is 0.222. The molecule has 0 bridgehead atoms. The predicted molar refractivity (Wildman–Crippen MR) is 85.1 cm³/mol. The van der Waals surface area contributed by atoms with Gasteiger partial charge >= 0.3 is 5.97 Å². The molecule has 0 aliphatic carbocycles. The number of para-hydroxylation sites is 1. The average Bonchev–Trinajstić information content (AvgIpc) is 2.56. The van der Waals surface area contributed by atoms with Gasteiger partial charge in [0.15, 0.2) is 12.6 Å². The normalized spacial score (nSPS) is 10.3. The van der Waals surface area contributed by atoms with Crippen molar-refractivity contribution >= 4 is 11.8 Å². The first-order valence-electron chi connectivity index (χ1n) is 7.22. The number of benzene rings is 2. The van der Waals surface area contributed by atoms with Gasteiger partial charge in [-0.05, 0) is 37.6 Å². The maximum atomic E-state index is 12.7. The maximum absolute atomic E-state index is 12.7. The van der Waals surface area contributed by atoms with Crippen molar-refractivity contribution in [3.8, 4) is 5.75 Å². The van der Waals surface area contributed by atoms with Crippen LogP contribution in [0.2, 0.25) is 0 Å². The van der Waals surface area contributed by atoms with E-state index in [9.17, 15) is 9.59 Å². The first kappa shape index (κ1) is 16.7. The number of ketones is 1. The van der Waals surface area contributed by atoms with Gasteiger partial charge in [-0.2, -0.15) is 0 Å². The van der Waals surface area contributed by atoms with Crippen LogP contribution in [0, 0.1) is 6.92 Å². The van der Waals surface area contributed by atoms with Crippen molar-refractivity contribution in [1.29, 1.82) is 0 Å². The third kappa shape index (κ3) is 3.96. The molecule has 5 heteroatoms. The second-order valence-electron chi connectivity index (χ2n) is 4.92. The van der Waals surface area contributed by atoms with Gasteiger partial charge in [0.2, 0.25) is 0 Å². The number of hydrogen-bond acceptors (Lipinski definition) is 4. The Kier molecular flexibility index (Phi) is 5.49. The molecule has 0 fully saturated rings. The molecule has 0 saturated carbocycles. The standard InChI is InChI=1S/C18H18O5/c1-3-22-11-23-17-12(2)5-4-6-15(17)16(19)13-7-9-14(10-8-13)18(20)21/h4-10H,3,11H2,1-2H3,(H,20,21). The predicted octanol–water partition coefficient (Wildman–Crippen LogP) is 3.30. The molecule has 120 valence electrons. The molecule has 2 aromatic carbocycles. The molecular formula is C18H18O5. The quantitative estimate of drug-likeness (QED) is 0.482. The zero-order chi connectivity index (χ0) is 16.8. The largest absolute Gasteiger partial charge is 0.478 e. The Morgan fingerprint density at radius 1 is 1.04 bits per heavy atom. The Bertz CT molecular complexity index is 704. The second-order valence-corrected chi connectivity index (χ2v) is 4.92. The number of carboxylic acid groups (broad SMARTS) is 1. The molecule has 0 aliphatic heterocycles. The number of carbonyl (C=O) groups is 2. The lowest BCUT2D eigenvalue weighted by atomic mass is 9.99. The summed E-state index contributed by atoms with van der Waals surface area (Å²) < 4.78 is 10.8. The monoisotopic (exact) mass is 314 g/mol. The number of carboxylic acids is 1. The Morgan fingerprint density at radius 2 is 1.70 bits per heavy atom. The lowest BCUT2D eigenvalue weighted by Crippen LogP contribution is -2.10. The van der Waals surface area contributed by atoms with Crippen LogP contribution in [0.1, 0.15) is 38.8 Å². The summed E-state index contributed by atoms with van der Waals surface area (Å²) in [7, 11) is 0. The van der Waals surface area contributed by atoms with E-state index >= 15 is 0 Å². The molecule has 0 aromatic heterocycles. The molecule has 0 saturated heterocycles. The first-order valence-corrected chi connectivity index (χ1v) is 7.22. The highest BCUT2D eigenvalue weighted by Gasteiger charge is 2.17. The van der Waals surface area contributed by atoms with Crippen molar-refractivity contribution in [2.24, 2.45) is 0 Å². The van der Waals surface area contributed by atoms with E-state index in [4.69, 9.17) is 14.6 Å². The van der Waals surface area contributed by atoms with Crippen LogP contribution in [0.5, 0.6) is 5.75 Å². The van der Waals surface area contributed by atoms with E-state index in [1.807, 2.05) is 19.9 Å². The van der Waals surface area contributed by atoms with Gasteiger partial charge < -0.3 is 14.6 Å². The number of aryl methyl sites for hydroxylation is 1. The topological polar surface area (TPSA) is 72.8 Å². The van der Waals surface area contributed by atoms with E-state index in [2.05, 4.69) is 0 Å². The maximum Gasteiger partial charge on any atom is 0.335 e. The minimum atomic E-state index is -1.03. The third-order valence-electron chi connectivity index (χ3n) is 3.34. The van der Waals surface area contributed by atoms with Crippen molar-refractivity contribution < 1.29 is 24.2 Å². The van der Waals surface area contributed by atoms with Crippen molar-refractivity contribution in [3.63, 3.8) is 0 Å². The fourth-order valence-electron chi connectivity index (χ4n) is 2.13. The molecule has 0 aliphatic rings. The Morgan fingerprint density at radius 3 is 2.30 bits per heavy atom. The van der Waals surface area contributed by atoms with E-state index < -0.39 is 5.97 Å². The molecule has 0 heterocycles. The van der Waals surface area contributed by atoms with Crippen LogP contribution in [0.15, 0.2) is 42.5 Å². The summed E-state index contributed by atoms with van der Waals surface area (Å²) in [6.45, 7) is 4.30. The number of ether oxygens (including phenoxy) is 2. The third-order valence-corrected chi connectivity index (χ3v) is 3.34. The highest BCUT2D eigenvalue weighted by atomic mass is 16.7. The minimum Gasteiger partial charge on any atom is -0.478 e. The summed E-state index contributed by atoms with van der Waals surface area (Å²) in [6.07, 6.45) is 0. The SMILES string of the molecule is CCOCOc1c(C)cccc1C(=O)c1ccc(C(=O)O)cc1. The lowest BCUT2D eigenvalue weighted by Gasteiger charge is -2.13. The molecule has 0 unspecified atom stereocenters. The molecule has 23 heavy (non-hydrogen) atoms. The van der Waals surface area contributed by atoms with Crippen LogP contribution in [0.3, 0.4) is 0 Å². The molecule has 0 radical (unpaired) electrons. The van der Waals surface area contributed by atoms with Crippen LogP contribution >= 0.6 is 0 Å². The fourth-order valence-corrected chi connectivity index (χ4v) is 2.13. The van der Waals surface area contributed by atoms with Crippen molar-refractivity contribution in [2.75, 3.05) is 13.4 Å². The molecule has 2 aromatic rings. The summed E-state index contributed by atoms with van der Waals surface area (Å²) in [4.78, 5) is 23.5. The van der Waals surface area contributed by atoms with Crippen LogP contribution in [-0.4, -0.2) is 30.3 Å². The smallest absolute Gasteiger partial charge is 0.335 e. The number of hydrogen-bond donors (Lipinski definition) is 1. The van der Waals surface area contributed by atoms with Crippen molar-refractivity contribution in [1.82, 2.24) is 0 Å². The van der Waals surface area contributed by atoms with Gasteiger partial charge in [-0.25, -0.2) is 4.79 Å². The van der Waals surface area contributed by atoms with Crippen molar-refractivity contribution in [3.05, 3.63) is 64.7 Å². The lowest BCUT2D eigenvalue weighted by molar-refractivity contribution is 0.0215. The summed E-state index contributed by atoms with van der Waals surface area (Å²) in [6, 6.07) is 11.1. The average molecular weight is 314 g/mol. The molecule has 1 N–H and O–H groups in total. The van der Waals surface area contributed by atoms with Gasteiger partial charge in [-0.15, -0.1) is 0 Å². The number of aromatic carboxylic acids is 1. The van der Waals surface area contributed by atoms with Gasteiger partial charge in [-0.1, -0.05) is 24.3 Å². The van der Waals surface area contributed by atoms with Crippen LogP contribution in [0.25, 0.3) is 0 Å². The van der Waals surface area contributed by atoms with E-state index in [1.165, 1.54) is 24.3 Å². The number of carbonyl (C=O) groups excluding carboxylic acids is 1. The van der Waals surface area contributed by atoms with Gasteiger partial charge in [0.1, 0.15) is 5.75 Å². The van der Waals surface area contributed by atoms with Gasteiger partial charge in [0, 0.05) is 12.2 Å². The Labute approximate surface area is 134 Å². The minimum absolute atomic E-state index is 0.0690. The zero-order valence-corrected chi connectivity index (χ0v) is 13.0. The summed E-state index contributed by atoms with van der Waals surface area (Å²) in [5.74, 6) is -0.773. The van der Waals surface area contributed by atoms with Gasteiger partial charge in [0.05, 0.1) is 11.1 Å². The van der Waals surface area contributed by atoms with Crippen LogP contribution in [-0.2, 0) is 4.74 Å². The van der Waals surface area contributed by atoms with E-state index in [0.29, 0.717) is 23.5 Å². The highest BCUT2D eigenvalue weighted by molar-refractivity contribution is 6.11. The molecule has 5 nitrogen and oxygen atoms in total. The molecular weight excluding hydrogens is 296 g/mol. The highest BCUT2D eigenvalue weighted by Crippen LogP contribution is 2.26. The Hall–Kier alpha value is -2.66. The summed E-state index contributed by atoms with van der Waals surface area (Å²) >= 11 is 0. The van der Waals surface area contributed by atoms with E-state index in [1.54, 1.807) is 12.1 Å². The molecule has 0 atom stereocenters. The number of rotatable bonds is 7. The van der Waals surface area contributed by atoms with E-state index in [0.717, 1.165) is 5.56 Å². The van der Waals surface area contributed by atoms with Gasteiger partial charge in [0.25, 0.3) is 0 Å². The Balaban J connectivity index is 2.31. The van der Waals surface area contributed by atoms with Gasteiger partial charge in [-0.3, -0.25) is 4.79 Å². The van der Waals surface area contributed by atoms with Crippen LogP contribution < -0.4 is 4.74 Å². The first-order chi connectivity index (χ1) is 11.0. The molecule has 0 amide bonds. The second kappa shape index (κ2) is 7.56.